The van der Waals surface area contributed by atoms with Gasteiger partial charge in [-0.25, -0.2) is 0 Å². The van der Waals surface area contributed by atoms with Gasteiger partial charge < -0.3 is 0 Å². The molecule has 0 fully saturated rings. The first kappa shape index (κ1) is 11.8. The SMILES string of the molecule is Cc1cccc2c1C=CC2[Si](C)C.[Li]. The van der Waals surface area contributed by atoms with Gasteiger partial charge in [0.2, 0.25) is 0 Å². The van der Waals surface area contributed by atoms with Gasteiger partial charge in [-0.1, -0.05) is 43.4 Å². The van der Waals surface area contributed by atoms with Crippen molar-refractivity contribution in [2.75, 3.05) is 0 Å². The van der Waals surface area contributed by atoms with E-state index in [1.807, 2.05) is 0 Å². The third-order valence-corrected chi connectivity index (χ3v) is 4.52. The van der Waals surface area contributed by atoms with Gasteiger partial charge in [0.15, 0.2) is 0 Å². The Morgan fingerprint density at radius 2 is 1.93 bits per heavy atom. The zero-order valence-corrected chi connectivity index (χ0v) is 10.5. The molecule has 1 atom stereocenters. The van der Waals surface area contributed by atoms with E-state index >= 15 is 0 Å². The third kappa shape index (κ3) is 1.91. The summed E-state index contributed by atoms with van der Waals surface area (Å²) in [4.78, 5) is 0. The quantitative estimate of drug-likeness (QED) is 0.603. The Morgan fingerprint density at radius 1 is 1.21 bits per heavy atom. The molecule has 1 aliphatic rings. The molecule has 0 bridgehead atoms. The predicted molar refractivity (Wildman–Crippen MR) is 66.2 cm³/mol. The molecule has 0 amide bonds. The average molecular weight is 194 g/mol. The normalized spacial score (nSPS) is 18.1. The van der Waals surface area contributed by atoms with Gasteiger partial charge in [-0.15, -0.1) is 0 Å². The molecule has 0 aliphatic heterocycles. The van der Waals surface area contributed by atoms with Gasteiger partial charge in [0.1, 0.15) is 0 Å². The fraction of sp³-hybridized carbons (Fsp3) is 0.333. The summed E-state index contributed by atoms with van der Waals surface area (Å²) in [6.45, 7) is 6.97. The Morgan fingerprint density at radius 3 is 2.57 bits per heavy atom. The van der Waals surface area contributed by atoms with Crippen LogP contribution in [0.1, 0.15) is 22.2 Å². The van der Waals surface area contributed by atoms with Crippen LogP contribution in [0, 0.1) is 6.92 Å². The van der Waals surface area contributed by atoms with E-state index in [4.69, 9.17) is 0 Å². The Bertz CT molecular complexity index is 355. The predicted octanol–water partition coefficient (Wildman–Crippen LogP) is 3.02. The van der Waals surface area contributed by atoms with Crippen LogP contribution in [0.4, 0.5) is 0 Å². The topological polar surface area (TPSA) is 0 Å². The molecule has 2 heteroatoms. The van der Waals surface area contributed by atoms with Crippen LogP contribution < -0.4 is 0 Å². The molecule has 2 rings (SSSR count). The van der Waals surface area contributed by atoms with E-state index in [1.165, 1.54) is 11.1 Å². The monoisotopic (exact) mass is 194 g/mol. The van der Waals surface area contributed by atoms with E-state index in [1.54, 1.807) is 5.56 Å². The van der Waals surface area contributed by atoms with Gasteiger partial charge in [0.05, 0.1) is 8.80 Å². The van der Waals surface area contributed by atoms with E-state index in [0.29, 0.717) is 0 Å². The van der Waals surface area contributed by atoms with Crippen LogP contribution in [0.25, 0.3) is 6.08 Å². The van der Waals surface area contributed by atoms with Crippen molar-refractivity contribution in [2.45, 2.75) is 25.6 Å². The molecule has 1 aromatic carbocycles. The van der Waals surface area contributed by atoms with Crippen molar-refractivity contribution < 1.29 is 0 Å². The van der Waals surface area contributed by atoms with E-state index in [9.17, 15) is 0 Å². The Hall–Kier alpha value is -0.226. The minimum Gasteiger partial charge on any atom is -0.0794 e. The molecule has 0 heterocycles. The molecule has 0 saturated carbocycles. The summed E-state index contributed by atoms with van der Waals surface area (Å²) in [5, 5.41) is 0. The first-order valence-electron chi connectivity index (χ1n) is 4.78. The first-order chi connectivity index (χ1) is 6.20. The number of allylic oxidation sites excluding steroid dienone is 1. The standard InChI is InChI=1S/C12H15Si.Li/c1-9-5-4-6-11-10(9)7-8-12(11)13(2)3;/h4-8,12H,1-3H3;. The van der Waals surface area contributed by atoms with Crippen LogP contribution in [-0.2, 0) is 0 Å². The molecule has 0 aromatic heterocycles. The van der Waals surface area contributed by atoms with Crippen LogP contribution in [0.3, 0.4) is 0 Å². The molecule has 1 aliphatic carbocycles. The van der Waals surface area contributed by atoms with E-state index in [-0.39, 0.29) is 27.7 Å². The zero-order chi connectivity index (χ0) is 9.42. The smallest absolute Gasteiger partial charge is 0.0548 e. The summed E-state index contributed by atoms with van der Waals surface area (Å²) in [7, 11) is -0.227. The minimum absolute atomic E-state index is 0. The fourth-order valence-corrected chi connectivity index (χ4v) is 3.36. The summed E-state index contributed by atoms with van der Waals surface area (Å²) in [6.07, 6.45) is 4.68. The maximum Gasteiger partial charge on any atom is 0.0548 e. The Balaban J connectivity index is 0.000000980. The average Bonchev–Trinajstić information content (AvgIpc) is 2.48. The van der Waals surface area contributed by atoms with Crippen molar-refractivity contribution >= 4 is 33.7 Å². The molecule has 0 N–H and O–H groups in total. The molecule has 0 nitrogen and oxygen atoms in total. The van der Waals surface area contributed by atoms with Crippen LogP contribution in [0.2, 0.25) is 13.1 Å². The maximum absolute atomic E-state index is 2.39. The molecule has 2 radical (unpaired) electrons. The van der Waals surface area contributed by atoms with Gasteiger partial charge in [-0.3, -0.25) is 0 Å². The van der Waals surface area contributed by atoms with Crippen molar-refractivity contribution in [3.63, 3.8) is 0 Å². The summed E-state index contributed by atoms with van der Waals surface area (Å²) >= 11 is 0. The number of benzene rings is 1. The molecule has 0 saturated heterocycles. The minimum atomic E-state index is -0.227. The third-order valence-electron chi connectivity index (χ3n) is 2.77. The van der Waals surface area contributed by atoms with Gasteiger partial charge in [0, 0.05) is 18.9 Å². The van der Waals surface area contributed by atoms with E-state index in [2.05, 4.69) is 50.4 Å². The molecule has 1 aromatic rings. The van der Waals surface area contributed by atoms with Gasteiger partial charge in [0.25, 0.3) is 0 Å². The molecule has 68 valence electrons. The summed E-state index contributed by atoms with van der Waals surface area (Å²) in [5.41, 5.74) is 5.18. The molecule has 1 unspecified atom stereocenters. The maximum atomic E-state index is 2.39. The molecule has 14 heavy (non-hydrogen) atoms. The Kier molecular flexibility index (Phi) is 3.83. The van der Waals surface area contributed by atoms with Crippen molar-refractivity contribution in [2.24, 2.45) is 0 Å². The van der Waals surface area contributed by atoms with Crippen molar-refractivity contribution in [1.29, 1.82) is 0 Å². The van der Waals surface area contributed by atoms with Crippen LogP contribution in [-0.4, -0.2) is 27.7 Å². The summed E-state index contributed by atoms with van der Waals surface area (Å²) < 4.78 is 0. The molecular weight excluding hydrogens is 179 g/mol. The second-order valence-electron chi connectivity index (χ2n) is 3.99. The zero-order valence-electron chi connectivity index (χ0n) is 9.46. The van der Waals surface area contributed by atoms with Crippen LogP contribution in [0.15, 0.2) is 24.3 Å². The van der Waals surface area contributed by atoms with Gasteiger partial charge >= 0.3 is 0 Å². The second-order valence-corrected chi connectivity index (χ2v) is 6.77. The second kappa shape index (κ2) is 4.53. The number of rotatable bonds is 1. The molecule has 0 spiro atoms. The van der Waals surface area contributed by atoms with Crippen molar-refractivity contribution in [3.05, 3.63) is 41.0 Å². The first-order valence-corrected chi connectivity index (χ1v) is 7.35. The largest absolute Gasteiger partial charge is 0.0794 e. The molecular formula is C12H15LiSi. The number of hydrogen-bond acceptors (Lipinski definition) is 0. The van der Waals surface area contributed by atoms with Crippen molar-refractivity contribution in [3.8, 4) is 0 Å². The van der Waals surface area contributed by atoms with E-state index < -0.39 is 0 Å². The van der Waals surface area contributed by atoms with Gasteiger partial charge in [-0.2, -0.15) is 0 Å². The van der Waals surface area contributed by atoms with E-state index in [0.717, 1.165) is 5.54 Å². The van der Waals surface area contributed by atoms with Crippen LogP contribution >= 0.6 is 0 Å². The number of hydrogen-bond donors (Lipinski definition) is 0. The van der Waals surface area contributed by atoms with Crippen LogP contribution in [0.5, 0.6) is 0 Å². The fourth-order valence-electron chi connectivity index (χ4n) is 2.00. The van der Waals surface area contributed by atoms with Crippen molar-refractivity contribution in [1.82, 2.24) is 0 Å². The number of fused-ring (bicyclic) bond motifs is 1. The van der Waals surface area contributed by atoms with Gasteiger partial charge in [-0.05, 0) is 29.2 Å². The summed E-state index contributed by atoms with van der Waals surface area (Å²) in [5.74, 6) is 0. The Labute approximate surface area is 100 Å². The summed E-state index contributed by atoms with van der Waals surface area (Å²) in [6, 6.07) is 6.66. The number of aryl methyl sites for hydroxylation is 1.